The van der Waals surface area contributed by atoms with Gasteiger partial charge < -0.3 is 20.3 Å². The molecule has 2 aromatic carbocycles. The molecule has 192 valence electrons. The quantitative estimate of drug-likeness (QED) is 0.535. The number of hydrogen-bond acceptors (Lipinski definition) is 7. The standard InChI is InChI=1S/C24H21F3N6O4/c25-24(26,27)18-7-2-1-6-17(18)22(35)33-12-10-32(11-13-33)19-8-9-20(31-30-19)37-23(36)29-16-5-3-4-15(14-16)21(28)34/h1-9,14H,10-13H2,(H2,28,34)(H,29,36). The Morgan fingerprint density at radius 1 is 0.919 bits per heavy atom. The number of amides is 3. The van der Waals surface area contributed by atoms with Gasteiger partial charge in [-0.3, -0.25) is 14.9 Å². The van der Waals surface area contributed by atoms with E-state index < -0.39 is 29.6 Å². The monoisotopic (exact) mass is 514 g/mol. The summed E-state index contributed by atoms with van der Waals surface area (Å²) in [4.78, 5) is 39.3. The Hall–Kier alpha value is -4.68. The van der Waals surface area contributed by atoms with Crippen molar-refractivity contribution in [3.63, 3.8) is 0 Å². The first-order valence-electron chi connectivity index (χ1n) is 11.0. The van der Waals surface area contributed by atoms with Gasteiger partial charge in [0.1, 0.15) is 0 Å². The van der Waals surface area contributed by atoms with Crippen molar-refractivity contribution in [2.75, 3.05) is 36.4 Å². The molecule has 37 heavy (non-hydrogen) atoms. The summed E-state index contributed by atoms with van der Waals surface area (Å²) in [6, 6.07) is 13.7. The number of carbonyl (C=O) groups is 3. The third-order valence-corrected chi connectivity index (χ3v) is 5.57. The summed E-state index contributed by atoms with van der Waals surface area (Å²) in [7, 11) is 0. The van der Waals surface area contributed by atoms with Crippen LogP contribution in [0.25, 0.3) is 0 Å². The number of alkyl halides is 3. The summed E-state index contributed by atoms with van der Waals surface area (Å²) in [5.74, 6) is -0.959. The number of halogens is 3. The molecule has 10 nitrogen and oxygen atoms in total. The Morgan fingerprint density at radius 3 is 2.30 bits per heavy atom. The molecule has 0 spiro atoms. The minimum absolute atomic E-state index is 0.0788. The maximum Gasteiger partial charge on any atom is 0.418 e. The van der Waals surface area contributed by atoms with Gasteiger partial charge in [0, 0.05) is 43.5 Å². The zero-order valence-corrected chi connectivity index (χ0v) is 19.2. The van der Waals surface area contributed by atoms with Gasteiger partial charge in [-0.25, -0.2) is 4.79 Å². The smallest absolute Gasteiger partial charge is 0.389 e. The first-order chi connectivity index (χ1) is 17.6. The van der Waals surface area contributed by atoms with Gasteiger partial charge in [-0.1, -0.05) is 18.2 Å². The number of primary amides is 1. The molecule has 1 saturated heterocycles. The first kappa shape index (κ1) is 25.4. The van der Waals surface area contributed by atoms with Crippen molar-refractivity contribution < 1.29 is 32.3 Å². The van der Waals surface area contributed by atoms with E-state index in [9.17, 15) is 27.6 Å². The van der Waals surface area contributed by atoms with Crippen LogP contribution < -0.4 is 20.7 Å². The lowest BCUT2D eigenvalue weighted by atomic mass is 10.1. The van der Waals surface area contributed by atoms with Gasteiger partial charge in [0.2, 0.25) is 11.8 Å². The van der Waals surface area contributed by atoms with E-state index in [0.29, 0.717) is 24.6 Å². The van der Waals surface area contributed by atoms with E-state index in [2.05, 4.69) is 15.5 Å². The molecule has 0 unspecified atom stereocenters. The number of rotatable bonds is 5. The van der Waals surface area contributed by atoms with Crippen molar-refractivity contribution in [3.05, 3.63) is 77.4 Å². The molecule has 0 radical (unpaired) electrons. The average Bonchev–Trinajstić information content (AvgIpc) is 2.88. The number of aromatic nitrogens is 2. The van der Waals surface area contributed by atoms with Crippen LogP contribution in [0.5, 0.6) is 5.88 Å². The van der Waals surface area contributed by atoms with Gasteiger partial charge in [0.15, 0.2) is 5.82 Å². The maximum atomic E-state index is 13.3. The number of nitrogens with two attached hydrogens (primary N) is 1. The van der Waals surface area contributed by atoms with E-state index >= 15 is 0 Å². The lowest BCUT2D eigenvalue weighted by Crippen LogP contribution is -2.49. The van der Waals surface area contributed by atoms with Crippen molar-refractivity contribution in [1.29, 1.82) is 0 Å². The second-order valence-corrected chi connectivity index (χ2v) is 8.01. The number of benzene rings is 2. The number of piperazine rings is 1. The van der Waals surface area contributed by atoms with E-state index in [1.54, 1.807) is 18.2 Å². The fourth-order valence-corrected chi connectivity index (χ4v) is 3.75. The van der Waals surface area contributed by atoms with Crippen LogP contribution in [0.1, 0.15) is 26.3 Å². The van der Waals surface area contributed by atoms with E-state index in [4.69, 9.17) is 10.5 Å². The van der Waals surface area contributed by atoms with Crippen LogP contribution >= 0.6 is 0 Å². The predicted molar refractivity (Wildman–Crippen MR) is 126 cm³/mol. The summed E-state index contributed by atoms with van der Waals surface area (Å²) in [5.41, 5.74) is 4.39. The number of ether oxygens (including phenoxy) is 1. The molecule has 0 atom stereocenters. The molecular weight excluding hydrogens is 493 g/mol. The molecule has 0 aliphatic carbocycles. The Balaban J connectivity index is 1.32. The zero-order chi connectivity index (χ0) is 26.6. The van der Waals surface area contributed by atoms with Gasteiger partial charge in [0.05, 0.1) is 11.1 Å². The van der Waals surface area contributed by atoms with Crippen LogP contribution in [-0.4, -0.2) is 59.2 Å². The minimum atomic E-state index is -4.63. The lowest BCUT2D eigenvalue weighted by Gasteiger charge is -2.35. The molecule has 1 aliphatic heterocycles. The van der Waals surface area contributed by atoms with Gasteiger partial charge in [-0.2, -0.15) is 13.2 Å². The Labute approximate surface area is 208 Å². The largest absolute Gasteiger partial charge is 0.418 e. The van der Waals surface area contributed by atoms with Crippen LogP contribution in [0.2, 0.25) is 0 Å². The normalized spacial score (nSPS) is 13.7. The number of anilines is 2. The molecule has 3 N–H and O–H groups in total. The van der Waals surface area contributed by atoms with Gasteiger partial charge >= 0.3 is 12.3 Å². The summed E-state index contributed by atoms with van der Waals surface area (Å²) < 4.78 is 44.9. The third kappa shape index (κ3) is 6.12. The summed E-state index contributed by atoms with van der Waals surface area (Å²) in [5, 5.41) is 10.3. The highest BCUT2D eigenvalue weighted by molar-refractivity contribution is 5.96. The highest BCUT2D eigenvalue weighted by Gasteiger charge is 2.36. The summed E-state index contributed by atoms with van der Waals surface area (Å²) in [6.45, 7) is 1.03. The molecule has 0 bridgehead atoms. The second kappa shape index (κ2) is 10.5. The van der Waals surface area contributed by atoms with Gasteiger partial charge in [0.25, 0.3) is 5.91 Å². The SMILES string of the molecule is NC(=O)c1cccc(NC(=O)Oc2ccc(N3CCN(C(=O)c4ccccc4C(F)(F)F)CC3)nn2)c1. The van der Waals surface area contributed by atoms with Crippen LogP contribution in [-0.2, 0) is 6.18 Å². The summed E-state index contributed by atoms with van der Waals surface area (Å²) >= 11 is 0. The maximum absolute atomic E-state index is 13.3. The third-order valence-electron chi connectivity index (χ3n) is 5.57. The highest BCUT2D eigenvalue weighted by atomic mass is 19.4. The molecule has 3 amide bonds. The van der Waals surface area contributed by atoms with E-state index in [0.717, 1.165) is 6.07 Å². The Morgan fingerprint density at radius 2 is 1.65 bits per heavy atom. The average molecular weight is 514 g/mol. The van der Waals surface area contributed by atoms with Crippen LogP contribution in [0, 0.1) is 0 Å². The minimum Gasteiger partial charge on any atom is -0.389 e. The van der Waals surface area contributed by atoms with Gasteiger partial charge in [-0.05, 0) is 36.4 Å². The van der Waals surface area contributed by atoms with E-state index in [1.807, 2.05) is 4.90 Å². The first-order valence-corrected chi connectivity index (χ1v) is 11.0. The fourth-order valence-electron chi connectivity index (χ4n) is 3.75. The van der Waals surface area contributed by atoms with Crippen LogP contribution in [0.15, 0.2) is 60.7 Å². The topological polar surface area (TPSA) is 131 Å². The van der Waals surface area contributed by atoms with Crippen molar-refractivity contribution in [3.8, 4) is 5.88 Å². The molecule has 1 aromatic heterocycles. The Kier molecular flexibility index (Phi) is 7.22. The molecule has 0 saturated carbocycles. The molecule has 1 fully saturated rings. The van der Waals surface area contributed by atoms with E-state index in [-0.39, 0.29) is 30.1 Å². The molecule has 2 heterocycles. The number of nitrogens with one attached hydrogen (secondary N) is 1. The Bertz CT molecular complexity index is 1310. The number of carbonyl (C=O) groups excluding carboxylic acids is 3. The predicted octanol–water partition coefficient (Wildman–Crippen LogP) is 3.17. The van der Waals surface area contributed by atoms with E-state index in [1.165, 1.54) is 41.3 Å². The highest BCUT2D eigenvalue weighted by Crippen LogP contribution is 2.32. The lowest BCUT2D eigenvalue weighted by molar-refractivity contribution is -0.138. The molecule has 1 aliphatic rings. The van der Waals surface area contributed by atoms with Gasteiger partial charge in [-0.15, -0.1) is 10.2 Å². The number of nitrogens with zero attached hydrogens (tertiary/aromatic N) is 4. The van der Waals surface area contributed by atoms with Crippen molar-refractivity contribution >= 4 is 29.4 Å². The van der Waals surface area contributed by atoms with Crippen LogP contribution in [0.4, 0.5) is 29.5 Å². The van der Waals surface area contributed by atoms with Crippen LogP contribution in [0.3, 0.4) is 0 Å². The molecule has 3 aromatic rings. The number of hydrogen-bond donors (Lipinski definition) is 2. The van der Waals surface area contributed by atoms with Crippen molar-refractivity contribution in [1.82, 2.24) is 15.1 Å². The second-order valence-electron chi connectivity index (χ2n) is 8.01. The zero-order valence-electron chi connectivity index (χ0n) is 19.2. The molecule has 13 heteroatoms. The summed E-state index contributed by atoms with van der Waals surface area (Å²) in [6.07, 6.45) is -5.48. The molecular formula is C24H21F3N6O4. The van der Waals surface area contributed by atoms with Crippen molar-refractivity contribution in [2.45, 2.75) is 6.18 Å². The fraction of sp³-hybridized carbons (Fsp3) is 0.208. The molecule has 4 rings (SSSR count). The van der Waals surface area contributed by atoms with Crippen molar-refractivity contribution in [2.24, 2.45) is 5.73 Å².